The summed E-state index contributed by atoms with van der Waals surface area (Å²) < 4.78 is 1.28. The van der Waals surface area contributed by atoms with Gasteiger partial charge in [-0.3, -0.25) is 19.9 Å². The van der Waals surface area contributed by atoms with Crippen molar-refractivity contribution in [2.45, 2.75) is 19.4 Å². The fourth-order valence-electron chi connectivity index (χ4n) is 5.60. The summed E-state index contributed by atoms with van der Waals surface area (Å²) in [5.74, 6) is 0.818. The Morgan fingerprint density at radius 3 is 2.64 bits per heavy atom. The van der Waals surface area contributed by atoms with Gasteiger partial charge in [0.15, 0.2) is 0 Å². The number of benzene rings is 2. The molecular formula is C32H28N6O2S2. The summed E-state index contributed by atoms with van der Waals surface area (Å²) in [4.78, 5) is 40.1. The third-order valence-electron chi connectivity index (χ3n) is 7.78. The van der Waals surface area contributed by atoms with Crippen LogP contribution in [0.15, 0.2) is 77.1 Å². The molecule has 3 aromatic heterocycles. The molecule has 2 aromatic carbocycles. The van der Waals surface area contributed by atoms with Crippen LogP contribution in [0.1, 0.15) is 24.2 Å². The van der Waals surface area contributed by atoms with Crippen molar-refractivity contribution in [1.82, 2.24) is 25.6 Å². The van der Waals surface area contributed by atoms with Crippen LogP contribution in [-0.2, 0) is 11.3 Å². The molecule has 2 fully saturated rings. The number of thiophene rings is 1. The van der Waals surface area contributed by atoms with E-state index in [1.807, 2.05) is 0 Å². The first-order valence-corrected chi connectivity index (χ1v) is 15.7. The molecule has 2 aliphatic heterocycles. The second-order valence-corrected chi connectivity index (χ2v) is 12.4. The van der Waals surface area contributed by atoms with Gasteiger partial charge in [-0.05, 0) is 66.7 Å². The molecular weight excluding hydrogens is 565 g/mol. The molecule has 0 spiro atoms. The van der Waals surface area contributed by atoms with Crippen LogP contribution in [0.4, 0.5) is 10.7 Å². The highest BCUT2D eigenvalue weighted by atomic mass is 32.2. The van der Waals surface area contributed by atoms with E-state index in [9.17, 15) is 9.59 Å². The lowest BCUT2D eigenvalue weighted by Gasteiger charge is -2.32. The van der Waals surface area contributed by atoms with Gasteiger partial charge in [-0.15, -0.1) is 11.3 Å². The van der Waals surface area contributed by atoms with Crippen molar-refractivity contribution in [2.75, 3.05) is 24.5 Å². The Hall–Kier alpha value is -4.12. The number of hydrogen-bond donors (Lipinski definition) is 2. The van der Waals surface area contributed by atoms with E-state index in [2.05, 4.69) is 85.5 Å². The molecule has 0 atom stereocenters. The molecule has 0 saturated carbocycles. The Balaban J connectivity index is 0.997. The average Bonchev–Trinajstić information content (AvgIpc) is 3.59. The molecule has 2 amide bonds. The molecule has 42 heavy (non-hydrogen) atoms. The maximum absolute atomic E-state index is 11.9. The Kier molecular flexibility index (Phi) is 7.41. The van der Waals surface area contributed by atoms with Crippen LogP contribution < -0.4 is 15.5 Å². The SMILES string of the molecule is O=C1NC(=O)C(=Cc2ccnc(N3CCC(CNCc4nc(-c5csc6ccccc56)cc5ccccc45)CC3)n2)S1. The molecule has 210 valence electrons. The van der Waals surface area contributed by atoms with E-state index in [0.29, 0.717) is 29.0 Å². The highest BCUT2D eigenvalue weighted by Gasteiger charge is 2.26. The molecule has 10 heteroatoms. The minimum absolute atomic E-state index is 0.353. The lowest BCUT2D eigenvalue weighted by molar-refractivity contribution is -0.115. The lowest BCUT2D eigenvalue weighted by atomic mass is 9.97. The van der Waals surface area contributed by atoms with Crippen LogP contribution in [-0.4, -0.2) is 45.7 Å². The first-order chi connectivity index (χ1) is 20.6. The summed E-state index contributed by atoms with van der Waals surface area (Å²) in [5, 5.41) is 11.5. The van der Waals surface area contributed by atoms with E-state index in [1.165, 1.54) is 26.4 Å². The predicted molar refractivity (Wildman–Crippen MR) is 170 cm³/mol. The molecule has 2 N–H and O–H groups in total. The van der Waals surface area contributed by atoms with E-state index in [0.717, 1.165) is 55.6 Å². The topological polar surface area (TPSA) is 100 Å². The summed E-state index contributed by atoms with van der Waals surface area (Å²) in [7, 11) is 0. The summed E-state index contributed by atoms with van der Waals surface area (Å²) in [6.07, 6.45) is 5.40. The molecule has 7 rings (SSSR count). The van der Waals surface area contributed by atoms with Crippen LogP contribution in [0.2, 0.25) is 0 Å². The lowest BCUT2D eigenvalue weighted by Crippen LogP contribution is -2.38. The fourth-order valence-corrected chi connectivity index (χ4v) is 7.22. The first kappa shape index (κ1) is 26.8. The maximum atomic E-state index is 11.9. The molecule has 8 nitrogen and oxygen atoms in total. The van der Waals surface area contributed by atoms with E-state index in [-0.39, 0.29) is 11.1 Å². The molecule has 0 radical (unpaired) electrons. The minimum Gasteiger partial charge on any atom is -0.341 e. The Labute approximate surface area is 251 Å². The second kappa shape index (κ2) is 11.6. The zero-order chi connectivity index (χ0) is 28.5. The van der Waals surface area contributed by atoms with E-state index < -0.39 is 0 Å². The number of pyridine rings is 1. The van der Waals surface area contributed by atoms with Crippen molar-refractivity contribution >= 4 is 67.1 Å². The van der Waals surface area contributed by atoms with Crippen molar-refractivity contribution < 1.29 is 9.59 Å². The number of piperidine rings is 1. The number of hydrogen-bond acceptors (Lipinski definition) is 9. The molecule has 5 aromatic rings. The van der Waals surface area contributed by atoms with Gasteiger partial charge in [-0.2, -0.15) is 0 Å². The summed E-state index contributed by atoms with van der Waals surface area (Å²) in [6, 6.07) is 21.0. The highest BCUT2D eigenvalue weighted by Crippen LogP contribution is 2.35. The van der Waals surface area contributed by atoms with E-state index >= 15 is 0 Å². The number of carbonyl (C=O) groups is 2. The number of rotatable bonds is 7. The van der Waals surface area contributed by atoms with Crippen molar-refractivity contribution in [3.8, 4) is 11.3 Å². The van der Waals surface area contributed by atoms with Gasteiger partial charge in [0, 0.05) is 52.2 Å². The normalized spacial score (nSPS) is 17.0. The average molecular weight is 593 g/mol. The number of thioether (sulfide) groups is 1. The van der Waals surface area contributed by atoms with Crippen LogP contribution in [0, 0.1) is 5.92 Å². The van der Waals surface area contributed by atoms with Crippen molar-refractivity contribution in [2.24, 2.45) is 5.92 Å². The zero-order valence-corrected chi connectivity index (χ0v) is 24.4. The van der Waals surface area contributed by atoms with Gasteiger partial charge in [0.2, 0.25) is 5.95 Å². The Bertz CT molecular complexity index is 1840. The van der Waals surface area contributed by atoms with Gasteiger partial charge < -0.3 is 10.2 Å². The number of nitrogens with one attached hydrogen (secondary N) is 2. The quantitative estimate of drug-likeness (QED) is 0.214. The smallest absolute Gasteiger partial charge is 0.290 e. The Morgan fingerprint density at radius 1 is 1.00 bits per heavy atom. The van der Waals surface area contributed by atoms with Gasteiger partial charge in [0.25, 0.3) is 11.1 Å². The molecule has 0 bridgehead atoms. The molecule has 2 aliphatic rings. The number of carbonyl (C=O) groups excluding carboxylic acids is 2. The number of imide groups is 1. The standard InChI is InChI=1S/C32H28N6O2S2/c39-30-29(42-32(40)37-30)16-22-9-12-34-31(35-22)38-13-10-20(11-14-38)17-33-18-27-23-6-2-1-5-21(23)15-26(36-27)25-19-41-28-8-4-3-7-24(25)28/h1-9,12,15-16,19-20,33H,10-11,13-14,17-18H2,(H,37,39,40). The van der Waals surface area contributed by atoms with Gasteiger partial charge >= 0.3 is 0 Å². The number of amides is 2. The number of nitrogens with zero attached hydrogens (tertiary/aromatic N) is 4. The third-order valence-corrected chi connectivity index (χ3v) is 9.56. The number of fused-ring (bicyclic) bond motifs is 2. The van der Waals surface area contributed by atoms with E-state index in [1.54, 1.807) is 29.7 Å². The van der Waals surface area contributed by atoms with Crippen LogP contribution in [0.5, 0.6) is 0 Å². The fraction of sp³-hybridized carbons (Fsp3) is 0.219. The Morgan fingerprint density at radius 2 is 1.81 bits per heavy atom. The van der Waals surface area contributed by atoms with Crippen LogP contribution in [0.25, 0.3) is 38.2 Å². The molecule has 2 saturated heterocycles. The maximum Gasteiger partial charge on any atom is 0.290 e. The van der Waals surface area contributed by atoms with Crippen molar-refractivity contribution in [3.05, 3.63) is 88.5 Å². The van der Waals surface area contributed by atoms with Crippen molar-refractivity contribution in [3.63, 3.8) is 0 Å². The van der Waals surface area contributed by atoms with Gasteiger partial charge in [0.1, 0.15) is 0 Å². The van der Waals surface area contributed by atoms with Gasteiger partial charge in [0.05, 0.1) is 22.0 Å². The minimum atomic E-state index is -0.381. The van der Waals surface area contributed by atoms with E-state index in [4.69, 9.17) is 4.98 Å². The van der Waals surface area contributed by atoms with Gasteiger partial charge in [-0.25, -0.2) is 9.97 Å². The molecule has 5 heterocycles. The largest absolute Gasteiger partial charge is 0.341 e. The summed E-state index contributed by atoms with van der Waals surface area (Å²) >= 11 is 2.66. The van der Waals surface area contributed by atoms with Crippen molar-refractivity contribution in [1.29, 1.82) is 0 Å². The summed E-state index contributed by atoms with van der Waals surface area (Å²) in [5.41, 5.74) is 3.91. The number of anilines is 1. The monoisotopic (exact) mass is 592 g/mol. The summed E-state index contributed by atoms with van der Waals surface area (Å²) in [6.45, 7) is 3.36. The molecule has 0 unspecified atom stereocenters. The van der Waals surface area contributed by atoms with Gasteiger partial charge in [-0.1, -0.05) is 42.5 Å². The van der Waals surface area contributed by atoms with Crippen LogP contribution in [0.3, 0.4) is 0 Å². The highest BCUT2D eigenvalue weighted by molar-refractivity contribution is 8.18. The third kappa shape index (κ3) is 5.53. The zero-order valence-electron chi connectivity index (χ0n) is 22.7. The first-order valence-electron chi connectivity index (χ1n) is 14.0. The number of aromatic nitrogens is 3. The molecule has 0 aliphatic carbocycles. The van der Waals surface area contributed by atoms with Crippen LogP contribution >= 0.6 is 23.1 Å². The predicted octanol–water partition coefficient (Wildman–Crippen LogP) is 6.24. The second-order valence-electron chi connectivity index (χ2n) is 10.5.